The van der Waals surface area contributed by atoms with Crippen molar-refractivity contribution in [2.45, 2.75) is 12.8 Å². The van der Waals surface area contributed by atoms with Gasteiger partial charge in [0, 0.05) is 0 Å². The first-order valence-corrected chi connectivity index (χ1v) is 4.32. The van der Waals surface area contributed by atoms with Gasteiger partial charge in [0.25, 0.3) is 0 Å². The summed E-state index contributed by atoms with van der Waals surface area (Å²) < 4.78 is 13.4. The average molecular weight is 204 g/mol. The third kappa shape index (κ3) is 1.92. The fourth-order valence-corrected chi connectivity index (χ4v) is 1.23. The van der Waals surface area contributed by atoms with E-state index in [2.05, 4.69) is 0 Å². The van der Waals surface area contributed by atoms with Gasteiger partial charge in [-0.2, -0.15) is 0 Å². The average Bonchev–Trinajstić information content (AvgIpc) is 2.13. The highest BCUT2D eigenvalue weighted by molar-refractivity contribution is 6.32. The Bertz CT molecular complexity index is 317. The predicted octanol–water partition coefficient (Wildman–Crippen LogP) is 2.25. The first kappa shape index (κ1) is 10.3. The third-order valence-corrected chi connectivity index (χ3v) is 2.34. The molecule has 0 radical (unpaired) electrons. The van der Waals surface area contributed by atoms with Crippen LogP contribution in [0.15, 0.2) is 12.1 Å². The third-order valence-electron chi connectivity index (χ3n) is 1.98. The van der Waals surface area contributed by atoms with E-state index in [1.165, 1.54) is 12.1 Å². The fourth-order valence-electron chi connectivity index (χ4n) is 1.06. The van der Waals surface area contributed by atoms with Crippen LogP contribution in [-0.2, 0) is 0 Å². The molecule has 13 heavy (non-hydrogen) atoms. The van der Waals surface area contributed by atoms with E-state index in [0.29, 0.717) is 12.1 Å². The minimum atomic E-state index is -0.584. The van der Waals surface area contributed by atoms with Crippen LogP contribution in [0.1, 0.15) is 18.4 Å². The monoisotopic (exact) mass is 203 g/mol. The molecule has 1 rings (SSSR count). The molecule has 72 valence electrons. The molecule has 0 fully saturated rings. The molecule has 0 spiro atoms. The van der Waals surface area contributed by atoms with Gasteiger partial charge in [0.2, 0.25) is 0 Å². The van der Waals surface area contributed by atoms with E-state index in [-0.39, 0.29) is 16.7 Å². The Morgan fingerprint density at radius 2 is 2.23 bits per heavy atom. The summed E-state index contributed by atoms with van der Waals surface area (Å²) >= 11 is 5.52. The Hall–Kier alpha value is -0.800. The summed E-state index contributed by atoms with van der Waals surface area (Å²) in [6, 6.07) is 2.86. The zero-order chi connectivity index (χ0) is 10.0. The van der Waals surface area contributed by atoms with Crippen LogP contribution in [0.25, 0.3) is 0 Å². The lowest BCUT2D eigenvalue weighted by atomic mass is 10.0. The SMILES string of the molecule is CC(CN)c1ccc(O)c(Cl)c1F. The molecule has 1 aromatic rings. The predicted molar refractivity (Wildman–Crippen MR) is 50.5 cm³/mol. The molecule has 0 heterocycles. The van der Waals surface area contributed by atoms with Crippen molar-refractivity contribution in [3.05, 3.63) is 28.5 Å². The molecule has 0 aromatic heterocycles. The number of aromatic hydroxyl groups is 1. The highest BCUT2D eigenvalue weighted by Gasteiger charge is 2.14. The molecule has 0 saturated heterocycles. The van der Waals surface area contributed by atoms with Gasteiger partial charge in [-0.1, -0.05) is 24.6 Å². The van der Waals surface area contributed by atoms with Crippen molar-refractivity contribution in [3.63, 3.8) is 0 Å². The van der Waals surface area contributed by atoms with E-state index in [1.807, 2.05) is 0 Å². The van der Waals surface area contributed by atoms with Crippen molar-refractivity contribution in [2.75, 3.05) is 6.54 Å². The van der Waals surface area contributed by atoms with Gasteiger partial charge in [0.15, 0.2) is 0 Å². The van der Waals surface area contributed by atoms with Crippen LogP contribution in [-0.4, -0.2) is 11.7 Å². The van der Waals surface area contributed by atoms with Gasteiger partial charge in [-0.3, -0.25) is 0 Å². The Morgan fingerprint density at radius 1 is 1.62 bits per heavy atom. The molecule has 1 aromatic carbocycles. The molecule has 3 N–H and O–H groups in total. The Kier molecular flexibility index (Phi) is 3.12. The maximum Gasteiger partial charge on any atom is 0.149 e. The fraction of sp³-hybridized carbons (Fsp3) is 0.333. The van der Waals surface area contributed by atoms with Crippen LogP contribution < -0.4 is 5.73 Å². The van der Waals surface area contributed by atoms with Crippen LogP contribution in [0.5, 0.6) is 5.75 Å². The second kappa shape index (κ2) is 3.94. The van der Waals surface area contributed by atoms with Gasteiger partial charge in [0.05, 0.1) is 0 Å². The zero-order valence-corrected chi connectivity index (χ0v) is 7.98. The van der Waals surface area contributed by atoms with Gasteiger partial charge < -0.3 is 10.8 Å². The van der Waals surface area contributed by atoms with Gasteiger partial charge >= 0.3 is 0 Å². The summed E-state index contributed by atoms with van der Waals surface area (Å²) in [7, 11) is 0. The molecule has 1 unspecified atom stereocenters. The van der Waals surface area contributed by atoms with Gasteiger partial charge in [-0.25, -0.2) is 4.39 Å². The van der Waals surface area contributed by atoms with E-state index in [4.69, 9.17) is 22.4 Å². The van der Waals surface area contributed by atoms with Crippen LogP contribution >= 0.6 is 11.6 Å². The zero-order valence-electron chi connectivity index (χ0n) is 7.22. The second-order valence-corrected chi connectivity index (χ2v) is 3.32. The number of hydrogen-bond donors (Lipinski definition) is 2. The lowest BCUT2D eigenvalue weighted by Crippen LogP contribution is -2.10. The Balaban J connectivity index is 3.18. The highest BCUT2D eigenvalue weighted by atomic mass is 35.5. The van der Waals surface area contributed by atoms with Crippen LogP contribution in [0.2, 0.25) is 5.02 Å². The summed E-state index contributed by atoms with van der Waals surface area (Å²) in [5, 5.41) is 8.84. The van der Waals surface area contributed by atoms with Crippen molar-refractivity contribution in [2.24, 2.45) is 5.73 Å². The molecule has 0 aliphatic carbocycles. The van der Waals surface area contributed by atoms with Crippen LogP contribution in [0.3, 0.4) is 0 Å². The number of phenols is 1. The maximum absolute atomic E-state index is 13.4. The number of benzene rings is 1. The smallest absolute Gasteiger partial charge is 0.149 e. The quantitative estimate of drug-likeness (QED) is 0.775. The second-order valence-electron chi connectivity index (χ2n) is 2.94. The highest BCUT2D eigenvalue weighted by Crippen LogP contribution is 2.31. The molecule has 0 aliphatic heterocycles. The van der Waals surface area contributed by atoms with Crippen molar-refractivity contribution in [1.29, 1.82) is 0 Å². The summed E-state index contributed by atoms with van der Waals surface area (Å²) in [4.78, 5) is 0. The number of rotatable bonds is 2. The van der Waals surface area contributed by atoms with E-state index in [1.54, 1.807) is 6.92 Å². The molecular weight excluding hydrogens is 193 g/mol. The number of hydrogen-bond acceptors (Lipinski definition) is 2. The molecule has 4 heteroatoms. The van der Waals surface area contributed by atoms with Crippen molar-refractivity contribution >= 4 is 11.6 Å². The number of phenolic OH excluding ortho intramolecular Hbond substituents is 1. The Morgan fingerprint density at radius 3 is 2.77 bits per heavy atom. The van der Waals surface area contributed by atoms with Crippen molar-refractivity contribution in [3.8, 4) is 5.75 Å². The van der Waals surface area contributed by atoms with Crippen LogP contribution in [0.4, 0.5) is 4.39 Å². The topological polar surface area (TPSA) is 46.2 Å². The first-order chi connectivity index (χ1) is 6.07. The molecule has 1 atom stereocenters. The summed E-state index contributed by atoms with van der Waals surface area (Å²) in [5.41, 5.74) is 5.82. The van der Waals surface area contributed by atoms with E-state index in [9.17, 15) is 4.39 Å². The van der Waals surface area contributed by atoms with Gasteiger partial charge in [0.1, 0.15) is 16.6 Å². The molecule has 2 nitrogen and oxygen atoms in total. The molecule has 0 amide bonds. The molecule has 0 saturated carbocycles. The summed E-state index contributed by atoms with van der Waals surface area (Å²) in [6.07, 6.45) is 0. The lowest BCUT2D eigenvalue weighted by Gasteiger charge is -2.11. The van der Waals surface area contributed by atoms with Crippen molar-refractivity contribution in [1.82, 2.24) is 0 Å². The summed E-state index contributed by atoms with van der Waals surface area (Å²) in [6.45, 7) is 2.14. The maximum atomic E-state index is 13.4. The Labute approximate surface area is 81.1 Å². The largest absolute Gasteiger partial charge is 0.506 e. The van der Waals surface area contributed by atoms with Gasteiger partial charge in [-0.15, -0.1) is 0 Å². The minimum absolute atomic E-state index is 0.0990. The van der Waals surface area contributed by atoms with Gasteiger partial charge in [-0.05, 0) is 24.1 Å². The molecule has 0 bridgehead atoms. The van der Waals surface area contributed by atoms with Crippen molar-refractivity contribution < 1.29 is 9.50 Å². The summed E-state index contributed by atoms with van der Waals surface area (Å²) in [5.74, 6) is -0.926. The molecule has 0 aliphatic rings. The number of nitrogens with two attached hydrogens (primary N) is 1. The number of halogens is 2. The minimum Gasteiger partial charge on any atom is -0.506 e. The van der Waals surface area contributed by atoms with E-state index in [0.717, 1.165) is 0 Å². The molecular formula is C9H11ClFNO. The van der Waals surface area contributed by atoms with E-state index >= 15 is 0 Å². The first-order valence-electron chi connectivity index (χ1n) is 3.94. The lowest BCUT2D eigenvalue weighted by molar-refractivity contribution is 0.467. The normalized spacial score (nSPS) is 12.9. The van der Waals surface area contributed by atoms with E-state index < -0.39 is 5.82 Å². The van der Waals surface area contributed by atoms with Crippen LogP contribution in [0, 0.1) is 5.82 Å². The standard InChI is InChI=1S/C9H11ClFNO/c1-5(4-12)6-2-3-7(13)8(10)9(6)11/h2-3,5,13H,4,12H2,1H3.